The monoisotopic (exact) mass is 390 g/mol. The minimum atomic E-state index is -0.0527. The van der Waals surface area contributed by atoms with Crippen LogP contribution in [-0.4, -0.2) is 52.0 Å². The molecule has 0 aliphatic rings. The second-order valence-corrected chi connectivity index (χ2v) is 6.94. The van der Waals surface area contributed by atoms with Crippen molar-refractivity contribution in [3.63, 3.8) is 0 Å². The van der Waals surface area contributed by atoms with Gasteiger partial charge in [0.25, 0.3) is 0 Å². The van der Waals surface area contributed by atoms with E-state index in [-0.39, 0.29) is 17.6 Å². The number of nitrogens with zero attached hydrogens (tertiary/aromatic N) is 5. The number of amides is 1. The predicted molar refractivity (Wildman–Crippen MR) is 108 cm³/mol. The molecule has 0 unspecified atom stereocenters. The van der Waals surface area contributed by atoms with Gasteiger partial charge in [0.05, 0.1) is 0 Å². The van der Waals surface area contributed by atoms with Gasteiger partial charge in [0, 0.05) is 0 Å². The molecule has 0 spiro atoms. The molecular formula is C18H15BN6O2S. The molecule has 4 rings (SSSR count). The first-order valence-corrected chi connectivity index (χ1v) is 9.27. The number of carbonyl (C=O) groups excluding carboxylic acids is 1. The topological polar surface area (TPSA) is 111 Å². The molecule has 3 heterocycles. The van der Waals surface area contributed by atoms with Gasteiger partial charge >= 0.3 is 165 Å². The van der Waals surface area contributed by atoms with Gasteiger partial charge in [-0.15, -0.1) is 0 Å². The summed E-state index contributed by atoms with van der Waals surface area (Å²) in [4.78, 5) is 22.0. The van der Waals surface area contributed by atoms with Crippen molar-refractivity contribution in [2.45, 2.75) is 0 Å². The minimum absolute atomic E-state index is 0.0527. The predicted octanol–water partition coefficient (Wildman–Crippen LogP) is 2.54. The van der Waals surface area contributed by atoms with Gasteiger partial charge in [-0.2, -0.15) is 0 Å². The Morgan fingerprint density at radius 3 is 2.57 bits per heavy atom. The number of nitrogen functional groups attached to an aromatic ring is 1. The molecule has 0 saturated carbocycles. The number of benzene rings is 1. The van der Waals surface area contributed by atoms with Crippen LogP contribution < -0.4 is 5.73 Å². The Bertz CT molecular complexity index is 1130. The fourth-order valence-electron chi connectivity index (χ4n) is 2.62. The van der Waals surface area contributed by atoms with Crippen LogP contribution in [0.5, 0.6) is 0 Å². The third kappa shape index (κ3) is 3.41. The number of nitrogens with two attached hydrogens (primary N) is 1. The van der Waals surface area contributed by atoms with Crippen LogP contribution in [0.3, 0.4) is 0 Å². The van der Waals surface area contributed by atoms with Crippen molar-refractivity contribution in [3.05, 3.63) is 46.9 Å². The molecule has 0 aliphatic carbocycles. The van der Waals surface area contributed by atoms with Gasteiger partial charge in [-0.25, -0.2) is 0 Å². The Balaban J connectivity index is 1.67. The summed E-state index contributed by atoms with van der Waals surface area (Å²) in [6.07, 6.45) is 1.67. The van der Waals surface area contributed by atoms with Crippen molar-refractivity contribution in [1.82, 2.24) is 25.1 Å². The number of carbonyl (C=O) groups is 1. The SMILES string of the molecule is CN(C)C(=O)c1ccc(-c2bc(-c3nnc(-c4cscn4)o3)c(N)nc2)cc1. The van der Waals surface area contributed by atoms with E-state index in [1.165, 1.54) is 16.2 Å². The number of anilines is 1. The summed E-state index contributed by atoms with van der Waals surface area (Å²) < 4.78 is 5.71. The summed E-state index contributed by atoms with van der Waals surface area (Å²) in [7, 11) is 3.44. The molecule has 0 saturated heterocycles. The molecule has 1 aromatic carbocycles. The molecule has 3 aromatic heterocycles. The summed E-state index contributed by atoms with van der Waals surface area (Å²) in [5.74, 6) is 0.835. The van der Waals surface area contributed by atoms with Crippen LogP contribution in [0.15, 0.2) is 45.8 Å². The van der Waals surface area contributed by atoms with Gasteiger partial charge in [0.15, 0.2) is 0 Å². The first-order chi connectivity index (χ1) is 13.5. The molecule has 0 radical (unpaired) electrons. The van der Waals surface area contributed by atoms with Crippen molar-refractivity contribution in [1.29, 1.82) is 0 Å². The Morgan fingerprint density at radius 2 is 1.89 bits per heavy atom. The van der Waals surface area contributed by atoms with Crippen molar-refractivity contribution < 1.29 is 9.21 Å². The van der Waals surface area contributed by atoms with Crippen LogP contribution in [-0.2, 0) is 0 Å². The Labute approximate surface area is 165 Å². The van der Waals surface area contributed by atoms with Crippen LogP contribution in [0, 0.1) is 0 Å². The average Bonchev–Trinajstić information content (AvgIpc) is 3.39. The van der Waals surface area contributed by atoms with E-state index >= 15 is 0 Å². The number of thiazole rings is 1. The summed E-state index contributed by atoms with van der Waals surface area (Å²) >= 11 is 1.44. The van der Waals surface area contributed by atoms with Gasteiger partial charge in [-0.3, -0.25) is 0 Å². The average molecular weight is 390 g/mol. The van der Waals surface area contributed by atoms with E-state index in [2.05, 4.69) is 20.2 Å². The van der Waals surface area contributed by atoms with E-state index in [1.54, 1.807) is 37.9 Å². The zero-order valence-corrected chi connectivity index (χ0v) is 16.0. The maximum atomic E-state index is 12.0. The third-order valence-corrected chi connectivity index (χ3v) is 4.68. The van der Waals surface area contributed by atoms with E-state index in [9.17, 15) is 4.79 Å². The number of aromatic nitrogens is 4. The van der Waals surface area contributed by atoms with Gasteiger partial charge in [-0.05, 0) is 0 Å². The Morgan fingerprint density at radius 1 is 1.14 bits per heavy atom. The molecule has 0 atom stereocenters. The summed E-state index contributed by atoms with van der Waals surface area (Å²) in [5.41, 5.74) is 11.2. The van der Waals surface area contributed by atoms with Crippen LogP contribution in [0.1, 0.15) is 10.4 Å². The van der Waals surface area contributed by atoms with Gasteiger partial charge < -0.3 is 0 Å². The number of hydrogen-bond acceptors (Lipinski definition) is 8. The number of rotatable bonds is 4. The van der Waals surface area contributed by atoms with Gasteiger partial charge in [0.2, 0.25) is 0 Å². The molecule has 28 heavy (non-hydrogen) atoms. The standard InChI is InChI=1S/C18H15BN6O2S/c1-25(2)18(26)11-5-3-10(4-6-11)12-7-21-15(20)14(19-12)17-24-23-16(27-17)13-8-28-9-22-13/h3-9H,1-2H3,(H2,20,21). The Hall–Kier alpha value is -3.40. The maximum absolute atomic E-state index is 12.0. The second-order valence-electron chi connectivity index (χ2n) is 6.22. The molecule has 0 aliphatic heterocycles. The molecular weight excluding hydrogens is 375 g/mol. The quantitative estimate of drug-likeness (QED) is 0.570. The van der Waals surface area contributed by atoms with E-state index in [1.807, 2.05) is 24.4 Å². The summed E-state index contributed by atoms with van der Waals surface area (Å²) in [6.45, 7) is 1.84. The van der Waals surface area contributed by atoms with E-state index in [0.29, 0.717) is 22.6 Å². The molecule has 0 bridgehead atoms. The fourth-order valence-corrected chi connectivity index (χ4v) is 3.15. The zero-order chi connectivity index (χ0) is 19.7. The molecule has 8 nitrogen and oxygen atoms in total. The summed E-state index contributed by atoms with van der Waals surface area (Å²) in [6, 6.07) is 7.28. The van der Waals surface area contributed by atoms with Crippen molar-refractivity contribution in [2.24, 2.45) is 0 Å². The normalized spacial score (nSPS) is 10.6. The molecule has 4 aromatic rings. The molecule has 1 amide bonds. The Kier molecular flexibility index (Phi) is 4.70. The molecule has 138 valence electrons. The molecule has 10 heteroatoms. The van der Waals surface area contributed by atoms with Crippen molar-refractivity contribution >= 4 is 30.0 Å². The molecule has 2 N–H and O–H groups in total. The van der Waals surface area contributed by atoms with Crippen LogP contribution in [0.4, 0.5) is 5.82 Å². The summed E-state index contributed by atoms with van der Waals surface area (Å²) in [5, 5.41) is 9.93. The second kappa shape index (κ2) is 7.32. The van der Waals surface area contributed by atoms with Crippen LogP contribution >= 0.6 is 11.3 Å². The van der Waals surface area contributed by atoms with E-state index in [0.717, 1.165) is 11.0 Å². The van der Waals surface area contributed by atoms with Crippen molar-refractivity contribution in [2.75, 3.05) is 19.8 Å². The van der Waals surface area contributed by atoms with Gasteiger partial charge in [-0.1, -0.05) is 0 Å². The van der Waals surface area contributed by atoms with E-state index in [4.69, 9.17) is 10.2 Å². The fraction of sp³-hybridized carbons (Fsp3) is 0.111. The van der Waals surface area contributed by atoms with Gasteiger partial charge in [0.1, 0.15) is 0 Å². The van der Waals surface area contributed by atoms with Crippen molar-refractivity contribution in [3.8, 4) is 34.0 Å². The first kappa shape index (κ1) is 18.0. The third-order valence-electron chi connectivity index (χ3n) is 4.10. The van der Waals surface area contributed by atoms with Crippen LogP contribution in [0.2, 0.25) is 0 Å². The first-order valence-electron chi connectivity index (χ1n) is 8.33. The molecule has 0 fully saturated rings. The zero-order valence-electron chi connectivity index (χ0n) is 15.2. The van der Waals surface area contributed by atoms with Crippen LogP contribution in [0.25, 0.3) is 34.0 Å². The number of hydrogen-bond donors (Lipinski definition) is 1. The van der Waals surface area contributed by atoms with E-state index < -0.39 is 0 Å².